The van der Waals surface area contributed by atoms with Crippen molar-refractivity contribution in [1.29, 1.82) is 0 Å². The lowest BCUT2D eigenvalue weighted by Gasteiger charge is -2.05. The number of nitrogens with one attached hydrogen (secondary N) is 1. The topological polar surface area (TPSA) is 64.7 Å². The molecule has 2 aromatic heterocycles. The van der Waals surface area contributed by atoms with Crippen molar-refractivity contribution in [3.8, 4) is 0 Å². The predicted molar refractivity (Wildman–Crippen MR) is 74.5 cm³/mol. The smallest absolute Gasteiger partial charge is 0.242 e. The van der Waals surface area contributed by atoms with Crippen molar-refractivity contribution in [3.63, 3.8) is 0 Å². The highest BCUT2D eigenvalue weighted by Crippen LogP contribution is 2.12. The van der Waals surface area contributed by atoms with Crippen LogP contribution in [-0.4, -0.2) is 25.5 Å². The maximum atomic E-state index is 11.8. The molecule has 0 aliphatic heterocycles. The van der Waals surface area contributed by atoms with Gasteiger partial charge in [-0.2, -0.15) is 10.2 Å². The van der Waals surface area contributed by atoms with Crippen LogP contribution in [0.3, 0.4) is 0 Å². The van der Waals surface area contributed by atoms with E-state index in [1.54, 1.807) is 21.8 Å². The zero-order chi connectivity index (χ0) is 14.0. The summed E-state index contributed by atoms with van der Waals surface area (Å²) in [5, 5.41) is 11.2. The van der Waals surface area contributed by atoms with Crippen molar-refractivity contribution in [2.45, 2.75) is 26.9 Å². The van der Waals surface area contributed by atoms with Gasteiger partial charge in [-0.3, -0.25) is 14.2 Å². The molecule has 2 aromatic rings. The van der Waals surface area contributed by atoms with E-state index in [4.69, 9.17) is 0 Å². The molecular weight excluding hydrogens is 310 g/mol. The average molecular weight is 326 g/mol. The van der Waals surface area contributed by atoms with Gasteiger partial charge in [-0.05, 0) is 29.8 Å². The van der Waals surface area contributed by atoms with Crippen LogP contribution in [0, 0.1) is 13.8 Å². The summed E-state index contributed by atoms with van der Waals surface area (Å²) in [4.78, 5) is 11.8. The first kappa shape index (κ1) is 13.8. The van der Waals surface area contributed by atoms with Gasteiger partial charge < -0.3 is 5.32 Å². The molecule has 102 valence electrons. The molecule has 0 aliphatic carbocycles. The van der Waals surface area contributed by atoms with Gasteiger partial charge in [-0.15, -0.1) is 0 Å². The lowest BCUT2D eigenvalue weighted by molar-refractivity contribution is -0.122. The van der Waals surface area contributed by atoms with Crippen molar-refractivity contribution in [3.05, 3.63) is 33.8 Å². The van der Waals surface area contributed by atoms with E-state index in [1.807, 2.05) is 20.9 Å². The van der Waals surface area contributed by atoms with E-state index in [0.717, 1.165) is 21.4 Å². The summed E-state index contributed by atoms with van der Waals surface area (Å²) in [6.07, 6.45) is 3.56. The normalized spacial score (nSPS) is 10.7. The number of carbonyl (C=O) groups excluding carboxylic acids is 1. The zero-order valence-electron chi connectivity index (χ0n) is 11.1. The summed E-state index contributed by atoms with van der Waals surface area (Å²) in [5.41, 5.74) is 2.95. The number of aromatic nitrogens is 4. The molecule has 0 unspecified atom stereocenters. The maximum absolute atomic E-state index is 11.8. The van der Waals surface area contributed by atoms with Gasteiger partial charge in [0.1, 0.15) is 6.54 Å². The number of hydrogen-bond donors (Lipinski definition) is 1. The Labute approximate surface area is 119 Å². The van der Waals surface area contributed by atoms with Gasteiger partial charge in [-0.25, -0.2) is 0 Å². The predicted octanol–water partition coefficient (Wildman–Crippen LogP) is 1.31. The first-order valence-electron chi connectivity index (χ1n) is 5.91. The van der Waals surface area contributed by atoms with E-state index in [2.05, 4.69) is 31.4 Å². The van der Waals surface area contributed by atoms with Gasteiger partial charge in [0.05, 0.1) is 16.4 Å². The van der Waals surface area contributed by atoms with Crippen molar-refractivity contribution < 1.29 is 4.79 Å². The number of halogens is 1. The number of hydrogen-bond acceptors (Lipinski definition) is 3. The molecule has 2 rings (SSSR count). The lowest BCUT2D eigenvalue weighted by atomic mass is 10.2. The molecule has 1 N–H and O–H groups in total. The van der Waals surface area contributed by atoms with E-state index >= 15 is 0 Å². The SMILES string of the molecule is Cc1nn(CC(=O)NCc2cnn(C)c2C)cc1Br. The zero-order valence-corrected chi connectivity index (χ0v) is 12.7. The molecule has 6 nitrogen and oxygen atoms in total. The highest BCUT2D eigenvalue weighted by atomic mass is 79.9. The van der Waals surface area contributed by atoms with Crippen LogP contribution >= 0.6 is 15.9 Å². The number of amides is 1. The lowest BCUT2D eigenvalue weighted by Crippen LogP contribution is -2.27. The summed E-state index contributed by atoms with van der Waals surface area (Å²) in [6, 6.07) is 0. The van der Waals surface area contributed by atoms with Crippen molar-refractivity contribution in [2.24, 2.45) is 7.05 Å². The molecule has 0 aliphatic rings. The summed E-state index contributed by atoms with van der Waals surface area (Å²) >= 11 is 3.37. The van der Waals surface area contributed by atoms with E-state index < -0.39 is 0 Å². The molecule has 0 saturated carbocycles. The molecule has 0 bridgehead atoms. The second-order valence-corrected chi connectivity index (χ2v) is 5.27. The van der Waals surface area contributed by atoms with Crippen LogP contribution in [0.5, 0.6) is 0 Å². The second kappa shape index (κ2) is 5.56. The monoisotopic (exact) mass is 325 g/mol. The van der Waals surface area contributed by atoms with Crippen LogP contribution in [-0.2, 0) is 24.9 Å². The van der Waals surface area contributed by atoms with E-state index in [9.17, 15) is 4.79 Å². The van der Waals surface area contributed by atoms with E-state index in [-0.39, 0.29) is 12.5 Å². The summed E-state index contributed by atoms with van der Waals surface area (Å²) in [6.45, 7) is 4.56. The number of aryl methyl sites for hydroxylation is 2. The van der Waals surface area contributed by atoms with Gasteiger partial charge in [-0.1, -0.05) is 0 Å². The minimum absolute atomic E-state index is 0.0711. The molecular formula is C12H16BrN5O. The van der Waals surface area contributed by atoms with E-state index in [1.165, 1.54) is 0 Å². The Morgan fingerprint density at radius 3 is 2.74 bits per heavy atom. The number of rotatable bonds is 4. The van der Waals surface area contributed by atoms with Crippen LogP contribution in [0.25, 0.3) is 0 Å². The molecule has 0 atom stereocenters. The van der Waals surface area contributed by atoms with Crippen molar-refractivity contribution in [2.75, 3.05) is 0 Å². The van der Waals surface area contributed by atoms with Crippen LogP contribution in [0.1, 0.15) is 17.0 Å². The highest BCUT2D eigenvalue weighted by Gasteiger charge is 2.08. The quantitative estimate of drug-likeness (QED) is 0.921. The first-order chi connectivity index (χ1) is 8.97. The Bertz CT molecular complexity index is 582. The van der Waals surface area contributed by atoms with Crippen LogP contribution < -0.4 is 5.32 Å². The number of carbonyl (C=O) groups is 1. The third-order valence-electron chi connectivity index (χ3n) is 3.00. The Morgan fingerprint density at radius 1 is 1.47 bits per heavy atom. The Hall–Kier alpha value is -1.63. The summed E-state index contributed by atoms with van der Waals surface area (Å²) in [5.74, 6) is -0.0711. The molecule has 0 radical (unpaired) electrons. The fraction of sp³-hybridized carbons (Fsp3) is 0.417. The maximum Gasteiger partial charge on any atom is 0.242 e. The molecule has 2 heterocycles. The van der Waals surface area contributed by atoms with Crippen molar-refractivity contribution >= 4 is 21.8 Å². The van der Waals surface area contributed by atoms with Gasteiger partial charge in [0.2, 0.25) is 5.91 Å². The van der Waals surface area contributed by atoms with Gasteiger partial charge in [0, 0.05) is 31.0 Å². The summed E-state index contributed by atoms with van der Waals surface area (Å²) < 4.78 is 4.31. The minimum atomic E-state index is -0.0711. The largest absolute Gasteiger partial charge is 0.350 e. The molecule has 0 fully saturated rings. The minimum Gasteiger partial charge on any atom is -0.350 e. The third kappa shape index (κ3) is 3.23. The Kier molecular flexibility index (Phi) is 4.04. The van der Waals surface area contributed by atoms with Gasteiger partial charge >= 0.3 is 0 Å². The number of nitrogens with zero attached hydrogens (tertiary/aromatic N) is 4. The van der Waals surface area contributed by atoms with Crippen LogP contribution in [0.4, 0.5) is 0 Å². The average Bonchev–Trinajstić information content (AvgIpc) is 2.82. The fourth-order valence-corrected chi connectivity index (χ4v) is 2.00. The Balaban J connectivity index is 1.90. The van der Waals surface area contributed by atoms with E-state index in [0.29, 0.717) is 6.54 Å². The molecule has 0 spiro atoms. The molecule has 0 aromatic carbocycles. The second-order valence-electron chi connectivity index (χ2n) is 4.42. The Morgan fingerprint density at radius 2 is 2.21 bits per heavy atom. The van der Waals surface area contributed by atoms with Crippen molar-refractivity contribution in [1.82, 2.24) is 24.9 Å². The molecule has 0 saturated heterocycles. The van der Waals surface area contributed by atoms with Gasteiger partial charge in [0.25, 0.3) is 0 Å². The van der Waals surface area contributed by atoms with Gasteiger partial charge in [0.15, 0.2) is 0 Å². The molecule has 1 amide bonds. The molecule has 19 heavy (non-hydrogen) atoms. The highest BCUT2D eigenvalue weighted by molar-refractivity contribution is 9.10. The standard InChI is InChI=1S/C12H16BrN5O/c1-8-11(13)6-18(16-8)7-12(19)14-4-10-5-15-17(3)9(10)2/h5-6H,4,7H2,1-3H3,(H,14,19). The summed E-state index contributed by atoms with van der Waals surface area (Å²) in [7, 11) is 1.88. The van der Waals surface area contributed by atoms with Crippen LogP contribution in [0.15, 0.2) is 16.9 Å². The third-order valence-corrected chi connectivity index (χ3v) is 3.78. The van der Waals surface area contributed by atoms with Crippen LogP contribution in [0.2, 0.25) is 0 Å². The fourth-order valence-electron chi connectivity index (χ4n) is 1.69. The first-order valence-corrected chi connectivity index (χ1v) is 6.70. The molecule has 7 heteroatoms.